The minimum absolute atomic E-state index is 0.0929. The van der Waals surface area contributed by atoms with Crippen molar-refractivity contribution in [2.45, 2.75) is 6.92 Å². The molecule has 1 N–H and O–H groups in total. The molecular formula is C26H19Cl2NO6. The third-order valence-corrected chi connectivity index (χ3v) is 5.90. The molecule has 0 fully saturated rings. The molecule has 4 aromatic rings. The number of hydrogen-bond acceptors (Lipinski definition) is 6. The van der Waals surface area contributed by atoms with E-state index in [2.05, 4.69) is 10.1 Å². The van der Waals surface area contributed by atoms with Gasteiger partial charge in [-0.2, -0.15) is 0 Å². The normalized spacial score (nSPS) is 10.7. The molecule has 0 aliphatic carbocycles. The fraction of sp³-hybridized carbons (Fsp3) is 0.115. The van der Waals surface area contributed by atoms with Gasteiger partial charge in [0.15, 0.2) is 12.4 Å². The standard InChI is InChI=1S/C26H19Cl2NO6/c1-14-10-21-18(12-20(14)28)23(31)25(24(35-21)17-8-3-4-9-19(17)27)34-13-22(30)29-16-7-5-6-15(11-16)26(32)33-2/h3-12H,13H2,1-2H3,(H,29,30). The Labute approximate surface area is 210 Å². The smallest absolute Gasteiger partial charge is 0.337 e. The van der Waals surface area contributed by atoms with Crippen LogP contribution < -0.4 is 15.5 Å². The number of methoxy groups -OCH3 is 1. The second-order valence-corrected chi connectivity index (χ2v) is 8.39. The van der Waals surface area contributed by atoms with E-state index in [1.54, 1.807) is 55.5 Å². The molecule has 4 rings (SSSR count). The molecule has 0 bridgehead atoms. The number of nitrogens with one attached hydrogen (secondary N) is 1. The summed E-state index contributed by atoms with van der Waals surface area (Å²) in [4.78, 5) is 37.7. The van der Waals surface area contributed by atoms with Gasteiger partial charge in [-0.1, -0.05) is 41.4 Å². The summed E-state index contributed by atoms with van der Waals surface area (Å²) >= 11 is 12.6. The number of ether oxygens (including phenoxy) is 2. The highest BCUT2D eigenvalue weighted by atomic mass is 35.5. The van der Waals surface area contributed by atoms with E-state index in [0.29, 0.717) is 26.9 Å². The van der Waals surface area contributed by atoms with E-state index in [9.17, 15) is 14.4 Å². The molecule has 1 heterocycles. The summed E-state index contributed by atoms with van der Waals surface area (Å²) in [5, 5.41) is 3.57. The van der Waals surface area contributed by atoms with E-state index in [1.807, 2.05) is 0 Å². The summed E-state index contributed by atoms with van der Waals surface area (Å²) in [7, 11) is 1.27. The van der Waals surface area contributed by atoms with Crippen LogP contribution >= 0.6 is 23.2 Å². The first-order valence-electron chi connectivity index (χ1n) is 10.4. The molecule has 0 aliphatic heterocycles. The number of carbonyl (C=O) groups excluding carboxylic acids is 2. The zero-order valence-corrected chi connectivity index (χ0v) is 20.2. The van der Waals surface area contributed by atoms with E-state index >= 15 is 0 Å². The van der Waals surface area contributed by atoms with Gasteiger partial charge in [0.1, 0.15) is 5.58 Å². The van der Waals surface area contributed by atoms with Crippen molar-refractivity contribution < 1.29 is 23.5 Å². The van der Waals surface area contributed by atoms with E-state index in [4.69, 9.17) is 32.4 Å². The van der Waals surface area contributed by atoms with Crippen LogP contribution in [0.1, 0.15) is 15.9 Å². The number of anilines is 1. The first kappa shape index (κ1) is 24.3. The van der Waals surface area contributed by atoms with Crippen molar-refractivity contribution in [1.82, 2.24) is 0 Å². The Kier molecular flexibility index (Phi) is 7.10. The highest BCUT2D eigenvalue weighted by Crippen LogP contribution is 2.36. The maximum absolute atomic E-state index is 13.4. The monoisotopic (exact) mass is 511 g/mol. The Morgan fingerprint density at radius 3 is 2.51 bits per heavy atom. The predicted molar refractivity (Wildman–Crippen MR) is 135 cm³/mol. The van der Waals surface area contributed by atoms with Crippen LogP contribution in [0.3, 0.4) is 0 Å². The number of rotatable bonds is 6. The number of esters is 1. The molecule has 1 aromatic heterocycles. The lowest BCUT2D eigenvalue weighted by atomic mass is 10.1. The minimum atomic E-state index is -0.557. The van der Waals surface area contributed by atoms with Crippen molar-refractivity contribution >= 4 is 51.7 Å². The number of amides is 1. The molecule has 0 spiro atoms. The van der Waals surface area contributed by atoms with E-state index in [1.165, 1.54) is 19.2 Å². The van der Waals surface area contributed by atoms with E-state index < -0.39 is 23.9 Å². The fourth-order valence-corrected chi connectivity index (χ4v) is 3.81. The van der Waals surface area contributed by atoms with Crippen LogP contribution in [0.15, 0.2) is 69.9 Å². The Morgan fingerprint density at radius 1 is 1.00 bits per heavy atom. The number of halogens is 2. The molecule has 9 heteroatoms. The van der Waals surface area contributed by atoms with Crippen molar-refractivity contribution in [1.29, 1.82) is 0 Å². The summed E-state index contributed by atoms with van der Waals surface area (Å²) in [5.41, 5.74) is 1.61. The summed E-state index contributed by atoms with van der Waals surface area (Å²) in [6.45, 7) is 1.29. The average molecular weight is 512 g/mol. The Bertz CT molecular complexity index is 1510. The fourth-order valence-electron chi connectivity index (χ4n) is 3.43. The van der Waals surface area contributed by atoms with E-state index in [0.717, 1.165) is 5.56 Å². The molecule has 1 amide bonds. The number of benzene rings is 3. The Hall–Kier alpha value is -3.81. The number of carbonyl (C=O) groups is 2. The predicted octanol–water partition coefficient (Wildman–Crippen LogP) is 5.88. The number of fused-ring (bicyclic) bond motifs is 1. The lowest BCUT2D eigenvalue weighted by Gasteiger charge is -2.13. The number of hydrogen-bond donors (Lipinski definition) is 1. The van der Waals surface area contributed by atoms with Crippen molar-refractivity contribution in [2.75, 3.05) is 19.0 Å². The van der Waals surface area contributed by atoms with Crippen LogP contribution in [0.4, 0.5) is 5.69 Å². The van der Waals surface area contributed by atoms with Gasteiger partial charge in [0.05, 0.1) is 23.1 Å². The van der Waals surface area contributed by atoms with Crippen LogP contribution in [-0.4, -0.2) is 25.6 Å². The van der Waals surface area contributed by atoms with Crippen LogP contribution in [0.25, 0.3) is 22.3 Å². The molecule has 0 saturated carbocycles. The number of aryl methyl sites for hydroxylation is 1. The molecule has 0 unspecified atom stereocenters. The third-order valence-electron chi connectivity index (χ3n) is 5.16. The zero-order chi connectivity index (χ0) is 25.1. The van der Waals surface area contributed by atoms with Gasteiger partial charge in [-0.05, 0) is 55.0 Å². The van der Waals surface area contributed by atoms with Crippen molar-refractivity contribution in [2.24, 2.45) is 0 Å². The average Bonchev–Trinajstić information content (AvgIpc) is 2.84. The van der Waals surface area contributed by atoms with Crippen molar-refractivity contribution in [3.8, 4) is 17.1 Å². The minimum Gasteiger partial charge on any atom is -0.476 e. The van der Waals surface area contributed by atoms with Crippen LogP contribution in [0.5, 0.6) is 5.75 Å². The molecule has 35 heavy (non-hydrogen) atoms. The molecular weight excluding hydrogens is 493 g/mol. The van der Waals surface area contributed by atoms with Gasteiger partial charge in [0, 0.05) is 16.3 Å². The van der Waals surface area contributed by atoms with Gasteiger partial charge in [-0.25, -0.2) is 4.79 Å². The topological polar surface area (TPSA) is 94.8 Å². The third kappa shape index (κ3) is 5.16. The Balaban J connectivity index is 1.68. The SMILES string of the molecule is COC(=O)c1cccc(NC(=O)COc2c(-c3ccccc3Cl)oc3cc(C)c(Cl)cc3c2=O)c1. The molecule has 178 valence electrons. The first-order chi connectivity index (χ1) is 16.8. The summed E-state index contributed by atoms with van der Waals surface area (Å²) in [5.74, 6) is -1.18. The highest BCUT2D eigenvalue weighted by molar-refractivity contribution is 6.33. The Morgan fingerprint density at radius 2 is 1.77 bits per heavy atom. The maximum Gasteiger partial charge on any atom is 0.337 e. The van der Waals surface area contributed by atoms with Crippen LogP contribution in [-0.2, 0) is 9.53 Å². The van der Waals surface area contributed by atoms with Gasteiger partial charge < -0.3 is 19.2 Å². The van der Waals surface area contributed by atoms with Gasteiger partial charge in [0.25, 0.3) is 5.91 Å². The second-order valence-electron chi connectivity index (χ2n) is 7.58. The lowest BCUT2D eigenvalue weighted by molar-refractivity contribution is -0.118. The van der Waals surface area contributed by atoms with Crippen molar-refractivity contribution in [3.63, 3.8) is 0 Å². The first-order valence-corrected chi connectivity index (χ1v) is 11.2. The summed E-state index contributed by atoms with van der Waals surface area (Å²) < 4.78 is 16.4. The lowest BCUT2D eigenvalue weighted by Crippen LogP contribution is -2.23. The zero-order valence-electron chi connectivity index (χ0n) is 18.7. The quantitative estimate of drug-likeness (QED) is 0.325. The van der Waals surface area contributed by atoms with Gasteiger partial charge in [0.2, 0.25) is 11.2 Å². The summed E-state index contributed by atoms with van der Waals surface area (Å²) in [6, 6.07) is 16.2. The largest absolute Gasteiger partial charge is 0.476 e. The molecule has 0 radical (unpaired) electrons. The van der Waals surface area contributed by atoms with E-state index in [-0.39, 0.29) is 22.5 Å². The van der Waals surface area contributed by atoms with Crippen LogP contribution in [0, 0.1) is 6.92 Å². The molecule has 0 atom stereocenters. The molecule has 7 nitrogen and oxygen atoms in total. The summed E-state index contributed by atoms with van der Waals surface area (Å²) in [6.07, 6.45) is 0. The van der Waals surface area contributed by atoms with Gasteiger partial charge in [-0.15, -0.1) is 0 Å². The molecule has 0 saturated heterocycles. The molecule has 0 aliphatic rings. The van der Waals surface area contributed by atoms with Gasteiger partial charge >= 0.3 is 5.97 Å². The molecule has 3 aromatic carbocycles. The van der Waals surface area contributed by atoms with Gasteiger partial charge in [-0.3, -0.25) is 9.59 Å². The highest BCUT2D eigenvalue weighted by Gasteiger charge is 2.21. The van der Waals surface area contributed by atoms with Crippen molar-refractivity contribution in [3.05, 3.63) is 92.1 Å². The maximum atomic E-state index is 13.4. The second kappa shape index (κ2) is 10.2. The van der Waals surface area contributed by atoms with Crippen LogP contribution in [0.2, 0.25) is 10.0 Å².